The number of nitrogens with one attached hydrogen (secondary N) is 2. The number of furan rings is 1. The summed E-state index contributed by atoms with van der Waals surface area (Å²) < 4.78 is 26.9. The first-order chi connectivity index (χ1) is 15.7. The SMILES string of the molecule is COc1ccc(CN=C(NCCc2ccco2)Nc2cc(OC)c(OC)c(OC)c2)cc1.I. The molecule has 0 aliphatic heterocycles. The van der Waals surface area contributed by atoms with Gasteiger partial charge in [-0.2, -0.15) is 0 Å². The van der Waals surface area contributed by atoms with E-state index in [4.69, 9.17) is 28.4 Å². The van der Waals surface area contributed by atoms with E-state index < -0.39 is 0 Å². The van der Waals surface area contributed by atoms with Crippen molar-refractivity contribution >= 4 is 35.6 Å². The van der Waals surface area contributed by atoms with Gasteiger partial charge in [0.15, 0.2) is 17.5 Å². The zero-order valence-corrected chi connectivity index (χ0v) is 21.5. The molecule has 0 bridgehead atoms. The fraction of sp³-hybridized carbons (Fsp3) is 0.292. The summed E-state index contributed by atoms with van der Waals surface area (Å²) in [5.74, 6) is 3.97. The van der Waals surface area contributed by atoms with E-state index in [1.165, 1.54) is 0 Å². The van der Waals surface area contributed by atoms with Gasteiger partial charge in [0.1, 0.15) is 11.5 Å². The number of aliphatic imine (C=N–C) groups is 1. The predicted octanol–water partition coefficient (Wildman–Crippen LogP) is 4.73. The standard InChI is InChI=1S/C24H29N3O5.HI/c1-28-19-9-7-17(8-10-19)16-26-24(25-12-11-20-6-5-13-32-20)27-18-14-21(29-2)23(31-4)22(15-18)30-3;/h5-10,13-15H,11-12,16H2,1-4H3,(H2,25,26,27);1H. The molecule has 0 amide bonds. The molecule has 9 heteroatoms. The molecule has 0 fully saturated rings. The molecular weight excluding hydrogens is 537 g/mol. The molecule has 0 aliphatic carbocycles. The third kappa shape index (κ3) is 7.48. The van der Waals surface area contributed by atoms with E-state index in [9.17, 15) is 0 Å². The Morgan fingerprint density at radius 1 is 0.909 bits per heavy atom. The van der Waals surface area contributed by atoms with Crippen LogP contribution in [-0.2, 0) is 13.0 Å². The van der Waals surface area contributed by atoms with Crippen LogP contribution in [0.1, 0.15) is 11.3 Å². The third-order valence-electron chi connectivity index (χ3n) is 4.75. The lowest BCUT2D eigenvalue weighted by Gasteiger charge is -2.17. The number of rotatable bonds is 10. The molecule has 2 aromatic carbocycles. The first-order valence-corrected chi connectivity index (χ1v) is 10.2. The number of ether oxygens (including phenoxy) is 4. The van der Waals surface area contributed by atoms with Gasteiger partial charge in [-0.25, -0.2) is 4.99 Å². The van der Waals surface area contributed by atoms with Gasteiger partial charge in [0.25, 0.3) is 0 Å². The van der Waals surface area contributed by atoms with Gasteiger partial charge in [-0.1, -0.05) is 12.1 Å². The quantitative estimate of drug-likeness (QED) is 0.208. The molecule has 0 aliphatic rings. The molecule has 0 saturated carbocycles. The van der Waals surface area contributed by atoms with Crippen molar-refractivity contribution in [3.8, 4) is 23.0 Å². The van der Waals surface area contributed by atoms with Gasteiger partial charge in [-0.3, -0.25) is 0 Å². The summed E-state index contributed by atoms with van der Waals surface area (Å²) in [6.07, 6.45) is 2.40. The second-order valence-electron chi connectivity index (χ2n) is 6.81. The molecule has 1 aromatic heterocycles. The number of anilines is 1. The summed E-state index contributed by atoms with van der Waals surface area (Å²) in [5.41, 5.74) is 1.81. The largest absolute Gasteiger partial charge is 0.497 e. The molecule has 0 saturated heterocycles. The van der Waals surface area contributed by atoms with E-state index in [1.54, 1.807) is 34.7 Å². The summed E-state index contributed by atoms with van der Waals surface area (Å²) in [5, 5.41) is 6.66. The maximum Gasteiger partial charge on any atom is 0.203 e. The monoisotopic (exact) mass is 567 g/mol. The number of halogens is 1. The molecule has 0 atom stereocenters. The van der Waals surface area contributed by atoms with Gasteiger partial charge in [0, 0.05) is 30.8 Å². The number of guanidine groups is 1. The van der Waals surface area contributed by atoms with E-state index in [0.717, 1.165) is 29.2 Å². The zero-order chi connectivity index (χ0) is 22.8. The maximum atomic E-state index is 5.45. The maximum absolute atomic E-state index is 5.45. The van der Waals surface area contributed by atoms with Gasteiger partial charge >= 0.3 is 0 Å². The molecule has 178 valence electrons. The lowest BCUT2D eigenvalue weighted by Crippen LogP contribution is -2.32. The average Bonchev–Trinajstić information content (AvgIpc) is 3.35. The highest BCUT2D eigenvalue weighted by atomic mass is 127. The second kappa shape index (κ2) is 13.5. The number of benzene rings is 2. The van der Waals surface area contributed by atoms with Crippen molar-refractivity contribution in [1.29, 1.82) is 0 Å². The van der Waals surface area contributed by atoms with E-state index in [2.05, 4.69) is 10.6 Å². The van der Waals surface area contributed by atoms with E-state index >= 15 is 0 Å². The highest BCUT2D eigenvalue weighted by Crippen LogP contribution is 2.39. The Bertz CT molecular complexity index is 982. The molecule has 8 nitrogen and oxygen atoms in total. The fourth-order valence-corrected chi connectivity index (χ4v) is 3.09. The highest BCUT2D eigenvalue weighted by molar-refractivity contribution is 14.0. The molecule has 0 radical (unpaired) electrons. The Balaban J connectivity index is 0.00000385. The predicted molar refractivity (Wildman–Crippen MR) is 140 cm³/mol. The lowest BCUT2D eigenvalue weighted by atomic mass is 10.2. The Morgan fingerprint density at radius 3 is 2.15 bits per heavy atom. The van der Waals surface area contributed by atoms with Crippen LogP contribution >= 0.6 is 24.0 Å². The van der Waals surface area contributed by atoms with Crippen LogP contribution in [-0.4, -0.2) is 40.9 Å². The van der Waals surface area contributed by atoms with Crippen LogP contribution in [0.3, 0.4) is 0 Å². The van der Waals surface area contributed by atoms with Crippen molar-refractivity contribution in [3.05, 3.63) is 66.1 Å². The first-order valence-electron chi connectivity index (χ1n) is 10.2. The number of hydrogen-bond donors (Lipinski definition) is 2. The Labute approximate surface area is 211 Å². The van der Waals surface area contributed by atoms with Crippen molar-refractivity contribution < 1.29 is 23.4 Å². The molecule has 3 rings (SSSR count). The minimum Gasteiger partial charge on any atom is -0.497 e. The molecule has 2 N–H and O–H groups in total. The topological polar surface area (TPSA) is 86.5 Å². The van der Waals surface area contributed by atoms with Crippen molar-refractivity contribution in [1.82, 2.24) is 5.32 Å². The van der Waals surface area contributed by atoms with Crippen molar-refractivity contribution in [2.45, 2.75) is 13.0 Å². The minimum atomic E-state index is 0. The Morgan fingerprint density at radius 2 is 1.61 bits per heavy atom. The Hall–Kier alpha value is -3.08. The van der Waals surface area contributed by atoms with Crippen LogP contribution in [0.15, 0.2) is 64.2 Å². The summed E-state index contributed by atoms with van der Waals surface area (Å²) in [4.78, 5) is 4.73. The van der Waals surface area contributed by atoms with E-state index in [0.29, 0.717) is 36.3 Å². The molecular formula is C24H30IN3O5. The first kappa shape index (κ1) is 26.2. The number of hydrogen-bond acceptors (Lipinski definition) is 6. The summed E-state index contributed by atoms with van der Waals surface area (Å²) >= 11 is 0. The van der Waals surface area contributed by atoms with Gasteiger partial charge in [-0.15, -0.1) is 24.0 Å². The summed E-state index contributed by atoms with van der Waals surface area (Å²) in [6, 6.07) is 15.3. The van der Waals surface area contributed by atoms with E-state index in [1.807, 2.05) is 48.5 Å². The van der Waals surface area contributed by atoms with Crippen LogP contribution < -0.4 is 29.6 Å². The Kier molecular flexibility index (Phi) is 10.7. The van der Waals surface area contributed by atoms with E-state index in [-0.39, 0.29) is 24.0 Å². The summed E-state index contributed by atoms with van der Waals surface area (Å²) in [7, 11) is 6.39. The van der Waals surface area contributed by atoms with Gasteiger partial charge in [0.05, 0.1) is 41.2 Å². The summed E-state index contributed by atoms with van der Waals surface area (Å²) in [6.45, 7) is 1.14. The van der Waals surface area contributed by atoms with Crippen molar-refractivity contribution in [2.75, 3.05) is 40.3 Å². The smallest absolute Gasteiger partial charge is 0.203 e. The normalized spacial score (nSPS) is 10.7. The highest BCUT2D eigenvalue weighted by Gasteiger charge is 2.14. The van der Waals surface area contributed by atoms with Crippen LogP contribution in [0.25, 0.3) is 0 Å². The van der Waals surface area contributed by atoms with Gasteiger partial charge in [0.2, 0.25) is 5.75 Å². The van der Waals surface area contributed by atoms with Crippen molar-refractivity contribution in [3.63, 3.8) is 0 Å². The van der Waals surface area contributed by atoms with Crippen LogP contribution in [0.4, 0.5) is 5.69 Å². The lowest BCUT2D eigenvalue weighted by molar-refractivity contribution is 0.324. The molecule has 1 heterocycles. The van der Waals surface area contributed by atoms with Crippen LogP contribution in [0, 0.1) is 0 Å². The molecule has 0 unspecified atom stereocenters. The van der Waals surface area contributed by atoms with Gasteiger partial charge in [-0.05, 0) is 29.8 Å². The molecule has 3 aromatic rings. The minimum absolute atomic E-state index is 0. The molecule has 0 spiro atoms. The second-order valence-corrected chi connectivity index (χ2v) is 6.81. The molecule has 33 heavy (non-hydrogen) atoms. The number of nitrogens with zero attached hydrogens (tertiary/aromatic N) is 1. The van der Waals surface area contributed by atoms with Crippen LogP contribution in [0.2, 0.25) is 0 Å². The zero-order valence-electron chi connectivity index (χ0n) is 19.2. The average molecular weight is 567 g/mol. The van der Waals surface area contributed by atoms with Gasteiger partial charge < -0.3 is 34.0 Å². The third-order valence-corrected chi connectivity index (χ3v) is 4.75. The number of methoxy groups -OCH3 is 4. The van der Waals surface area contributed by atoms with Crippen LogP contribution in [0.5, 0.6) is 23.0 Å². The van der Waals surface area contributed by atoms with Crippen molar-refractivity contribution in [2.24, 2.45) is 4.99 Å². The fourth-order valence-electron chi connectivity index (χ4n) is 3.09.